The summed E-state index contributed by atoms with van der Waals surface area (Å²) >= 11 is 6.29. The first-order chi connectivity index (χ1) is 9.97. The summed E-state index contributed by atoms with van der Waals surface area (Å²) < 4.78 is 21.2. The molecule has 0 amide bonds. The zero-order chi connectivity index (χ0) is 15.6. The third-order valence-corrected chi connectivity index (χ3v) is 3.82. The van der Waals surface area contributed by atoms with E-state index in [9.17, 15) is 4.39 Å². The van der Waals surface area contributed by atoms with E-state index in [1.54, 1.807) is 17.7 Å². The Morgan fingerprint density at radius 1 is 1.38 bits per heavy atom. The van der Waals surface area contributed by atoms with Crippen LogP contribution in [0.3, 0.4) is 0 Å². The lowest BCUT2D eigenvalue weighted by atomic mass is 10.2. The van der Waals surface area contributed by atoms with E-state index >= 15 is 0 Å². The van der Waals surface area contributed by atoms with Crippen molar-refractivity contribution in [2.24, 2.45) is 0 Å². The van der Waals surface area contributed by atoms with E-state index in [0.29, 0.717) is 17.3 Å². The van der Waals surface area contributed by atoms with Crippen molar-refractivity contribution in [2.75, 3.05) is 5.73 Å². The van der Waals surface area contributed by atoms with Crippen molar-refractivity contribution in [3.63, 3.8) is 0 Å². The third kappa shape index (κ3) is 3.13. The maximum absolute atomic E-state index is 13.8. The molecule has 0 unspecified atom stereocenters. The Morgan fingerprint density at radius 2 is 2.10 bits per heavy atom. The molecule has 2 rings (SSSR count). The summed E-state index contributed by atoms with van der Waals surface area (Å²) in [6.07, 6.45) is 0.744. The predicted octanol–water partition coefficient (Wildman–Crippen LogP) is 3.73. The lowest BCUT2D eigenvalue weighted by Crippen LogP contribution is -2.07. The van der Waals surface area contributed by atoms with E-state index in [2.05, 4.69) is 5.10 Å². The number of ether oxygens (including phenoxy) is 1. The number of aromatic nitrogens is 2. The second-order valence-corrected chi connectivity index (χ2v) is 5.18. The summed E-state index contributed by atoms with van der Waals surface area (Å²) in [5.74, 6) is -0.313. The van der Waals surface area contributed by atoms with E-state index in [1.165, 1.54) is 6.07 Å². The molecule has 1 aromatic carbocycles. The van der Waals surface area contributed by atoms with Gasteiger partial charge in [0.05, 0.1) is 16.4 Å². The number of rotatable bonds is 5. The molecule has 0 fully saturated rings. The van der Waals surface area contributed by atoms with Crippen LogP contribution in [0.5, 0.6) is 5.75 Å². The Labute approximate surface area is 128 Å². The van der Waals surface area contributed by atoms with Crippen LogP contribution in [0.1, 0.15) is 30.8 Å². The second kappa shape index (κ2) is 6.35. The molecule has 114 valence electrons. The van der Waals surface area contributed by atoms with Crippen LogP contribution in [0.25, 0.3) is 0 Å². The lowest BCUT2D eigenvalue weighted by Gasteiger charge is -2.11. The quantitative estimate of drug-likeness (QED) is 0.856. The molecule has 2 N–H and O–H groups in total. The normalized spacial score (nSPS) is 10.9. The Morgan fingerprint density at radius 3 is 2.71 bits per heavy atom. The summed E-state index contributed by atoms with van der Waals surface area (Å²) in [6, 6.07) is 2.85. The van der Waals surface area contributed by atoms with E-state index in [-0.39, 0.29) is 12.4 Å². The predicted molar refractivity (Wildman–Crippen MR) is 82.2 cm³/mol. The molecule has 0 saturated heterocycles. The number of aryl methyl sites for hydroxylation is 3. The van der Waals surface area contributed by atoms with Gasteiger partial charge in [-0.2, -0.15) is 5.10 Å². The fourth-order valence-corrected chi connectivity index (χ4v) is 2.41. The molecule has 0 atom stereocenters. The highest BCUT2D eigenvalue weighted by Gasteiger charge is 2.16. The molecule has 1 heterocycles. The Hall–Kier alpha value is -1.75. The van der Waals surface area contributed by atoms with Crippen molar-refractivity contribution >= 4 is 17.3 Å². The molecular formula is C15H19ClFN3O. The van der Waals surface area contributed by atoms with Crippen molar-refractivity contribution < 1.29 is 9.13 Å². The van der Waals surface area contributed by atoms with Gasteiger partial charge in [0.25, 0.3) is 0 Å². The van der Waals surface area contributed by atoms with Crippen molar-refractivity contribution in [1.29, 1.82) is 0 Å². The average Bonchev–Trinajstić information content (AvgIpc) is 2.77. The van der Waals surface area contributed by atoms with Gasteiger partial charge < -0.3 is 10.5 Å². The zero-order valence-corrected chi connectivity index (χ0v) is 13.2. The largest absolute Gasteiger partial charge is 0.484 e. The molecular weight excluding hydrogens is 293 g/mol. The van der Waals surface area contributed by atoms with Crippen LogP contribution in [0.4, 0.5) is 10.1 Å². The highest BCUT2D eigenvalue weighted by molar-refractivity contribution is 6.31. The summed E-state index contributed by atoms with van der Waals surface area (Å²) in [4.78, 5) is 0. The van der Waals surface area contributed by atoms with Crippen molar-refractivity contribution in [1.82, 2.24) is 9.78 Å². The van der Waals surface area contributed by atoms with Gasteiger partial charge in [-0.05, 0) is 31.9 Å². The van der Waals surface area contributed by atoms with Crippen LogP contribution in [0.2, 0.25) is 5.02 Å². The first-order valence-electron chi connectivity index (χ1n) is 6.90. The molecule has 0 aliphatic heterocycles. The van der Waals surface area contributed by atoms with E-state index in [4.69, 9.17) is 22.1 Å². The standard InChI is InChI=1S/C15H19ClFN3O/c1-4-12-15(16)13(20(5-2)19-12)8-21-14-6-9(3)11(18)7-10(14)17/h6-7H,4-5,8,18H2,1-3H3. The fourth-order valence-electron chi connectivity index (χ4n) is 2.08. The Balaban J connectivity index is 2.24. The summed E-state index contributed by atoms with van der Waals surface area (Å²) in [5.41, 5.74) is 8.42. The summed E-state index contributed by atoms with van der Waals surface area (Å²) in [6.45, 7) is 6.61. The van der Waals surface area contributed by atoms with E-state index in [0.717, 1.165) is 23.4 Å². The van der Waals surface area contributed by atoms with Gasteiger partial charge in [-0.3, -0.25) is 4.68 Å². The third-order valence-electron chi connectivity index (χ3n) is 3.38. The first-order valence-corrected chi connectivity index (χ1v) is 7.28. The van der Waals surface area contributed by atoms with E-state index < -0.39 is 5.82 Å². The van der Waals surface area contributed by atoms with Crippen molar-refractivity contribution in [2.45, 2.75) is 40.3 Å². The van der Waals surface area contributed by atoms with E-state index in [1.807, 2.05) is 13.8 Å². The minimum atomic E-state index is -0.479. The number of anilines is 1. The molecule has 0 radical (unpaired) electrons. The smallest absolute Gasteiger partial charge is 0.167 e. The molecule has 0 aliphatic rings. The molecule has 0 spiro atoms. The topological polar surface area (TPSA) is 53.1 Å². The number of nitrogens with zero attached hydrogens (tertiary/aromatic N) is 2. The molecule has 4 nitrogen and oxygen atoms in total. The van der Waals surface area contributed by atoms with Gasteiger partial charge in [0.15, 0.2) is 11.6 Å². The summed E-state index contributed by atoms with van der Waals surface area (Å²) in [7, 11) is 0. The van der Waals surface area contributed by atoms with Crippen LogP contribution in [0.15, 0.2) is 12.1 Å². The van der Waals surface area contributed by atoms with Crippen molar-refractivity contribution in [3.05, 3.63) is 39.9 Å². The Kier molecular flexibility index (Phi) is 4.73. The van der Waals surface area contributed by atoms with Gasteiger partial charge in [0, 0.05) is 18.3 Å². The van der Waals surface area contributed by atoms with Gasteiger partial charge in [0.1, 0.15) is 6.61 Å². The van der Waals surface area contributed by atoms with Gasteiger partial charge in [-0.1, -0.05) is 18.5 Å². The number of hydrogen-bond donors (Lipinski definition) is 1. The number of benzene rings is 1. The number of halogens is 2. The molecule has 0 saturated carbocycles. The maximum atomic E-state index is 13.8. The number of nitrogens with two attached hydrogens (primary N) is 1. The molecule has 2 aromatic rings. The zero-order valence-electron chi connectivity index (χ0n) is 12.4. The van der Waals surface area contributed by atoms with Crippen LogP contribution >= 0.6 is 11.6 Å². The van der Waals surface area contributed by atoms with Crippen LogP contribution in [0, 0.1) is 12.7 Å². The van der Waals surface area contributed by atoms with Crippen LogP contribution in [-0.2, 0) is 19.6 Å². The minimum Gasteiger partial charge on any atom is -0.484 e. The summed E-state index contributed by atoms with van der Waals surface area (Å²) in [5, 5.41) is 4.99. The number of hydrogen-bond acceptors (Lipinski definition) is 3. The van der Waals surface area contributed by atoms with Gasteiger partial charge in [0.2, 0.25) is 0 Å². The SMILES string of the molecule is CCc1nn(CC)c(COc2cc(C)c(N)cc2F)c1Cl. The fraction of sp³-hybridized carbons (Fsp3) is 0.400. The van der Waals surface area contributed by atoms with Gasteiger partial charge in [-0.25, -0.2) is 4.39 Å². The van der Waals surface area contributed by atoms with Gasteiger partial charge in [-0.15, -0.1) is 0 Å². The highest BCUT2D eigenvalue weighted by atomic mass is 35.5. The van der Waals surface area contributed by atoms with Crippen LogP contribution in [-0.4, -0.2) is 9.78 Å². The second-order valence-electron chi connectivity index (χ2n) is 4.80. The first kappa shape index (κ1) is 15.6. The monoisotopic (exact) mass is 311 g/mol. The molecule has 0 bridgehead atoms. The molecule has 0 aliphatic carbocycles. The number of nitrogen functional groups attached to an aromatic ring is 1. The molecule has 1 aromatic heterocycles. The maximum Gasteiger partial charge on any atom is 0.167 e. The van der Waals surface area contributed by atoms with Crippen molar-refractivity contribution in [3.8, 4) is 5.75 Å². The highest BCUT2D eigenvalue weighted by Crippen LogP contribution is 2.27. The van der Waals surface area contributed by atoms with Gasteiger partial charge >= 0.3 is 0 Å². The molecule has 21 heavy (non-hydrogen) atoms. The average molecular weight is 312 g/mol. The van der Waals surface area contributed by atoms with Crippen LogP contribution < -0.4 is 10.5 Å². The minimum absolute atomic E-state index is 0.166. The molecule has 6 heteroatoms. The Bertz CT molecular complexity index is 655. The lowest BCUT2D eigenvalue weighted by molar-refractivity contribution is 0.278.